The lowest BCUT2D eigenvalue weighted by Gasteiger charge is -2.19. The predicted molar refractivity (Wildman–Crippen MR) is 112 cm³/mol. The largest absolute Gasteiger partial charge is 0.207 e. The van der Waals surface area contributed by atoms with Gasteiger partial charge in [-0.05, 0) is 46.2 Å². The Morgan fingerprint density at radius 1 is 0.412 bits per heavy atom. The molecule has 5 rings (SSSR count). The minimum Gasteiger partial charge on any atom is -0.207 e. The molecular formula is C26H10F8. The molecule has 0 spiro atoms. The third-order valence-corrected chi connectivity index (χ3v) is 5.62. The van der Waals surface area contributed by atoms with E-state index in [1.165, 1.54) is 18.2 Å². The quantitative estimate of drug-likeness (QED) is 0.104. The third-order valence-electron chi connectivity index (χ3n) is 5.62. The maximum absolute atomic E-state index is 15.3. The summed E-state index contributed by atoms with van der Waals surface area (Å²) >= 11 is 0. The van der Waals surface area contributed by atoms with Gasteiger partial charge in [0.2, 0.25) is 0 Å². The highest BCUT2D eigenvalue weighted by Crippen LogP contribution is 2.47. The molecule has 0 saturated heterocycles. The minimum absolute atomic E-state index is 0.0598. The number of hydrogen-bond acceptors (Lipinski definition) is 0. The van der Waals surface area contributed by atoms with Crippen molar-refractivity contribution in [3.63, 3.8) is 0 Å². The van der Waals surface area contributed by atoms with Gasteiger partial charge in [-0.2, -0.15) is 0 Å². The molecule has 0 fully saturated rings. The summed E-state index contributed by atoms with van der Waals surface area (Å²) in [5.41, 5.74) is -0.887. The summed E-state index contributed by atoms with van der Waals surface area (Å²) < 4.78 is 115. The van der Waals surface area contributed by atoms with Gasteiger partial charge in [0.15, 0.2) is 40.7 Å². The number of fused-ring (bicyclic) bond motifs is 2. The maximum atomic E-state index is 15.3. The smallest absolute Gasteiger partial charge is 0.198 e. The monoisotopic (exact) mass is 474 g/mol. The molecule has 0 heterocycles. The minimum atomic E-state index is -2.16. The van der Waals surface area contributed by atoms with E-state index >= 15 is 8.78 Å². The fraction of sp³-hybridized carbons (Fsp3) is 0. The van der Waals surface area contributed by atoms with Crippen molar-refractivity contribution in [2.45, 2.75) is 0 Å². The first kappa shape index (κ1) is 21.9. The van der Waals surface area contributed by atoms with Crippen molar-refractivity contribution in [3.8, 4) is 22.3 Å². The second kappa shape index (κ2) is 7.83. The van der Waals surface area contributed by atoms with Gasteiger partial charge in [-0.25, -0.2) is 35.1 Å². The molecule has 5 aromatic rings. The van der Waals surface area contributed by atoms with Gasteiger partial charge < -0.3 is 0 Å². The normalized spacial score (nSPS) is 11.5. The third kappa shape index (κ3) is 3.13. The molecule has 170 valence electrons. The van der Waals surface area contributed by atoms with Crippen molar-refractivity contribution in [3.05, 3.63) is 107 Å². The molecule has 8 heteroatoms. The van der Waals surface area contributed by atoms with Crippen LogP contribution in [0.1, 0.15) is 0 Å². The zero-order valence-corrected chi connectivity index (χ0v) is 16.8. The van der Waals surface area contributed by atoms with E-state index in [2.05, 4.69) is 0 Å². The highest BCUT2D eigenvalue weighted by Gasteiger charge is 2.29. The topological polar surface area (TPSA) is 0 Å². The van der Waals surface area contributed by atoms with Crippen LogP contribution >= 0.6 is 0 Å². The van der Waals surface area contributed by atoms with E-state index in [9.17, 15) is 26.3 Å². The number of halogens is 8. The fourth-order valence-corrected chi connectivity index (χ4v) is 4.22. The van der Waals surface area contributed by atoms with Crippen molar-refractivity contribution >= 4 is 21.5 Å². The molecule has 0 unspecified atom stereocenters. The van der Waals surface area contributed by atoms with Crippen molar-refractivity contribution in [2.75, 3.05) is 0 Å². The van der Waals surface area contributed by atoms with Gasteiger partial charge in [-0.1, -0.05) is 36.4 Å². The van der Waals surface area contributed by atoms with E-state index in [0.717, 1.165) is 12.1 Å². The first-order valence-corrected chi connectivity index (χ1v) is 9.82. The SMILES string of the molecule is Fc1ccc2c(-c3ccccc3)c3c(F)c(F)c(F)c(F)c3c(-c3cc(F)c(F)c(F)c3)c2c1. The molecule has 34 heavy (non-hydrogen) atoms. The molecule has 0 aliphatic rings. The van der Waals surface area contributed by atoms with E-state index in [-0.39, 0.29) is 21.9 Å². The lowest BCUT2D eigenvalue weighted by atomic mass is 9.85. The molecule has 0 aliphatic carbocycles. The lowest BCUT2D eigenvalue weighted by Crippen LogP contribution is -2.03. The molecule has 0 radical (unpaired) electrons. The second-order valence-corrected chi connectivity index (χ2v) is 7.57. The Kier molecular flexibility index (Phi) is 5.04. The highest BCUT2D eigenvalue weighted by atomic mass is 19.2. The van der Waals surface area contributed by atoms with Crippen LogP contribution in [0.4, 0.5) is 35.1 Å². The lowest BCUT2D eigenvalue weighted by molar-refractivity contribution is 0.418. The Labute approximate surface area is 186 Å². The maximum Gasteiger partial charge on any atom is 0.198 e. The molecule has 0 atom stereocenters. The standard InChI is InChI=1S/C26H10F8/c27-13-6-7-14-15(10-13)19(12-8-16(28)22(30)17(29)9-12)21-20(18(14)11-4-2-1-3-5-11)23(31)25(33)26(34)24(21)32/h1-10H. The summed E-state index contributed by atoms with van der Waals surface area (Å²) in [7, 11) is 0. The second-order valence-electron chi connectivity index (χ2n) is 7.57. The zero-order valence-electron chi connectivity index (χ0n) is 16.8. The fourth-order valence-electron chi connectivity index (χ4n) is 4.22. The summed E-state index contributed by atoms with van der Waals surface area (Å²) in [6, 6.07) is 11.8. The number of benzene rings is 5. The van der Waals surface area contributed by atoms with Crippen LogP contribution in [0.25, 0.3) is 43.8 Å². The molecule has 0 aromatic heterocycles. The molecule has 0 aliphatic heterocycles. The number of rotatable bonds is 2. The molecule has 0 saturated carbocycles. The summed E-state index contributed by atoms with van der Waals surface area (Å²) in [5, 5.41) is -1.72. The van der Waals surface area contributed by atoms with Gasteiger partial charge in [0, 0.05) is 21.9 Å². The molecule has 5 aromatic carbocycles. The highest BCUT2D eigenvalue weighted by molar-refractivity contribution is 6.21. The van der Waals surface area contributed by atoms with E-state index in [4.69, 9.17) is 0 Å². The Morgan fingerprint density at radius 3 is 1.50 bits per heavy atom. The van der Waals surface area contributed by atoms with Crippen LogP contribution in [-0.2, 0) is 0 Å². The Balaban J connectivity index is 2.14. The Bertz CT molecular complexity index is 1600. The average Bonchev–Trinajstić information content (AvgIpc) is 2.83. The van der Waals surface area contributed by atoms with Gasteiger partial charge in [0.25, 0.3) is 0 Å². The van der Waals surface area contributed by atoms with Crippen molar-refractivity contribution in [2.24, 2.45) is 0 Å². The van der Waals surface area contributed by atoms with Crippen LogP contribution in [0.3, 0.4) is 0 Å². The zero-order chi connectivity index (χ0) is 24.3. The van der Waals surface area contributed by atoms with Gasteiger partial charge >= 0.3 is 0 Å². The van der Waals surface area contributed by atoms with Crippen LogP contribution in [0.5, 0.6) is 0 Å². The van der Waals surface area contributed by atoms with Gasteiger partial charge in [-0.3, -0.25) is 0 Å². The van der Waals surface area contributed by atoms with E-state index in [1.807, 2.05) is 0 Å². The van der Waals surface area contributed by atoms with Crippen LogP contribution in [-0.4, -0.2) is 0 Å². The summed E-state index contributed by atoms with van der Waals surface area (Å²) in [4.78, 5) is 0. The van der Waals surface area contributed by atoms with Crippen molar-refractivity contribution in [1.29, 1.82) is 0 Å². The summed E-state index contributed by atoms with van der Waals surface area (Å²) in [5.74, 6) is -13.9. The first-order valence-electron chi connectivity index (χ1n) is 9.82. The molecule has 0 N–H and O–H groups in total. The van der Waals surface area contributed by atoms with Crippen molar-refractivity contribution < 1.29 is 35.1 Å². The molecule has 0 bridgehead atoms. The Morgan fingerprint density at radius 2 is 0.941 bits per heavy atom. The van der Waals surface area contributed by atoms with E-state index < -0.39 is 68.4 Å². The van der Waals surface area contributed by atoms with E-state index in [1.54, 1.807) is 18.2 Å². The van der Waals surface area contributed by atoms with Crippen LogP contribution in [0, 0.1) is 46.5 Å². The van der Waals surface area contributed by atoms with Gasteiger partial charge in [0.1, 0.15) is 5.82 Å². The van der Waals surface area contributed by atoms with Crippen LogP contribution < -0.4 is 0 Å². The summed E-state index contributed by atoms with van der Waals surface area (Å²) in [6.45, 7) is 0. The molecule has 0 nitrogen and oxygen atoms in total. The van der Waals surface area contributed by atoms with Gasteiger partial charge in [0.05, 0.1) is 0 Å². The molecular weight excluding hydrogens is 464 g/mol. The average molecular weight is 474 g/mol. The predicted octanol–water partition coefficient (Wildman–Crippen LogP) is 8.44. The van der Waals surface area contributed by atoms with E-state index in [0.29, 0.717) is 12.1 Å². The Hall–Kier alpha value is -3.94. The first-order chi connectivity index (χ1) is 16.2. The van der Waals surface area contributed by atoms with Crippen molar-refractivity contribution in [1.82, 2.24) is 0 Å². The van der Waals surface area contributed by atoms with Crippen LogP contribution in [0.2, 0.25) is 0 Å². The van der Waals surface area contributed by atoms with Gasteiger partial charge in [-0.15, -0.1) is 0 Å². The number of hydrogen-bond donors (Lipinski definition) is 0. The summed E-state index contributed by atoms with van der Waals surface area (Å²) in [6.07, 6.45) is 0. The van der Waals surface area contributed by atoms with Crippen LogP contribution in [0.15, 0.2) is 60.7 Å². The molecule has 0 amide bonds.